The maximum Gasteiger partial charge on any atom is 0.329 e. The van der Waals surface area contributed by atoms with Crippen molar-refractivity contribution in [1.29, 1.82) is 0 Å². The van der Waals surface area contributed by atoms with Crippen molar-refractivity contribution in [2.45, 2.75) is 39.3 Å². The summed E-state index contributed by atoms with van der Waals surface area (Å²) < 4.78 is 6.70. The molecule has 0 spiro atoms. The molecule has 1 aliphatic rings. The van der Waals surface area contributed by atoms with Gasteiger partial charge in [-0.25, -0.2) is 4.79 Å². The van der Waals surface area contributed by atoms with Gasteiger partial charge in [0.15, 0.2) is 0 Å². The molecule has 126 valence electrons. The van der Waals surface area contributed by atoms with Crippen LogP contribution < -0.4 is 4.90 Å². The lowest BCUT2D eigenvalue weighted by molar-refractivity contribution is -0.143. The van der Waals surface area contributed by atoms with Gasteiger partial charge in [0.2, 0.25) is 5.91 Å². The van der Waals surface area contributed by atoms with Crippen LogP contribution in [-0.2, 0) is 27.3 Å². The lowest BCUT2D eigenvalue weighted by Crippen LogP contribution is -2.43. The lowest BCUT2D eigenvalue weighted by Gasteiger charge is -2.23. The first kappa shape index (κ1) is 16.2. The molecule has 1 unspecified atom stereocenters. The van der Waals surface area contributed by atoms with Crippen LogP contribution in [0.3, 0.4) is 0 Å². The molecule has 1 aromatic heterocycles. The summed E-state index contributed by atoms with van der Waals surface area (Å²) in [5.41, 5.74) is 3.74. The predicted molar refractivity (Wildman–Crippen MR) is 89.8 cm³/mol. The number of hydrogen-bond donors (Lipinski definition) is 0. The van der Waals surface area contributed by atoms with E-state index in [1.165, 1.54) is 7.11 Å². The Morgan fingerprint density at radius 1 is 1.29 bits per heavy atom. The molecular formula is C18H21N3O3. The van der Waals surface area contributed by atoms with Gasteiger partial charge >= 0.3 is 5.97 Å². The Morgan fingerprint density at radius 2 is 2.04 bits per heavy atom. The number of carbonyl (C=O) groups is 2. The summed E-state index contributed by atoms with van der Waals surface area (Å²) >= 11 is 0. The fourth-order valence-electron chi connectivity index (χ4n) is 3.24. The number of nitrogens with zero attached hydrogens (tertiary/aromatic N) is 3. The molecule has 0 radical (unpaired) electrons. The fourth-order valence-corrected chi connectivity index (χ4v) is 3.24. The maximum atomic E-state index is 12.8. The number of esters is 1. The third-order valence-corrected chi connectivity index (χ3v) is 4.36. The molecule has 1 aliphatic heterocycles. The van der Waals surface area contributed by atoms with Crippen molar-refractivity contribution >= 4 is 17.6 Å². The van der Waals surface area contributed by atoms with Crippen LogP contribution in [-0.4, -0.2) is 34.8 Å². The van der Waals surface area contributed by atoms with Crippen molar-refractivity contribution in [3.8, 4) is 0 Å². The highest BCUT2D eigenvalue weighted by molar-refractivity contribution is 6.02. The van der Waals surface area contributed by atoms with Crippen LogP contribution in [0.25, 0.3) is 0 Å². The third-order valence-electron chi connectivity index (χ3n) is 4.36. The number of aryl methyl sites for hydroxylation is 3. The fraction of sp³-hybridized carbons (Fsp3) is 0.389. The molecule has 6 heteroatoms. The van der Waals surface area contributed by atoms with Gasteiger partial charge in [0.05, 0.1) is 12.8 Å². The molecule has 0 saturated carbocycles. The molecule has 0 aliphatic carbocycles. The Hall–Kier alpha value is -2.63. The highest BCUT2D eigenvalue weighted by atomic mass is 16.5. The first-order valence-electron chi connectivity index (χ1n) is 8.00. The normalized spacial score (nSPS) is 16.1. The number of rotatable bonds is 4. The smallest absolute Gasteiger partial charge is 0.329 e. The molecule has 1 atom stereocenters. The van der Waals surface area contributed by atoms with Crippen molar-refractivity contribution in [3.05, 3.63) is 47.3 Å². The lowest BCUT2D eigenvalue weighted by atomic mass is 10.1. The van der Waals surface area contributed by atoms with E-state index >= 15 is 0 Å². The molecule has 0 saturated heterocycles. The van der Waals surface area contributed by atoms with Crippen molar-refractivity contribution in [3.63, 3.8) is 0 Å². The number of benzene rings is 1. The number of amides is 1. The summed E-state index contributed by atoms with van der Waals surface area (Å²) in [6, 6.07) is 9.00. The van der Waals surface area contributed by atoms with E-state index in [0.717, 1.165) is 22.6 Å². The Bertz CT molecular complexity index is 782. The van der Waals surface area contributed by atoms with E-state index < -0.39 is 6.04 Å². The molecule has 24 heavy (non-hydrogen) atoms. The van der Waals surface area contributed by atoms with E-state index in [9.17, 15) is 9.59 Å². The van der Waals surface area contributed by atoms with Crippen LogP contribution in [0.4, 0.5) is 5.69 Å². The minimum Gasteiger partial charge on any atom is -0.467 e. The Labute approximate surface area is 141 Å². The van der Waals surface area contributed by atoms with Crippen molar-refractivity contribution in [2.75, 3.05) is 12.0 Å². The van der Waals surface area contributed by atoms with Gasteiger partial charge in [-0.05, 0) is 31.5 Å². The van der Waals surface area contributed by atoms with Gasteiger partial charge in [0, 0.05) is 30.8 Å². The summed E-state index contributed by atoms with van der Waals surface area (Å²) in [6.07, 6.45) is 0.776. The van der Waals surface area contributed by atoms with Crippen LogP contribution in [0.5, 0.6) is 0 Å². The maximum absolute atomic E-state index is 12.8. The number of aromatic nitrogens is 2. The predicted octanol–water partition coefficient (Wildman–Crippen LogP) is 2.02. The molecule has 0 bridgehead atoms. The molecule has 6 nitrogen and oxygen atoms in total. The SMILES string of the molecule is COC(=O)C1Cc2ccccc2N1C(=O)CCn1nc(C)cc1C. The zero-order chi connectivity index (χ0) is 17.3. The summed E-state index contributed by atoms with van der Waals surface area (Å²) in [5.74, 6) is -0.478. The first-order valence-corrected chi connectivity index (χ1v) is 8.00. The monoisotopic (exact) mass is 327 g/mol. The van der Waals surface area contributed by atoms with Crippen LogP contribution in [0.2, 0.25) is 0 Å². The molecular weight excluding hydrogens is 306 g/mol. The largest absolute Gasteiger partial charge is 0.467 e. The van der Waals surface area contributed by atoms with Gasteiger partial charge in [-0.2, -0.15) is 5.10 Å². The van der Waals surface area contributed by atoms with E-state index in [1.54, 1.807) is 4.90 Å². The quantitative estimate of drug-likeness (QED) is 0.806. The van der Waals surface area contributed by atoms with Gasteiger partial charge in [-0.3, -0.25) is 14.4 Å². The number of ether oxygens (including phenoxy) is 1. The second kappa shape index (κ2) is 6.47. The Kier molecular flexibility index (Phi) is 4.38. The van der Waals surface area contributed by atoms with Crippen molar-refractivity contribution in [2.24, 2.45) is 0 Å². The highest BCUT2D eigenvalue weighted by Gasteiger charge is 2.38. The molecule has 3 rings (SSSR count). The topological polar surface area (TPSA) is 64.4 Å². The summed E-state index contributed by atoms with van der Waals surface area (Å²) in [4.78, 5) is 26.5. The van der Waals surface area contributed by atoms with E-state index in [2.05, 4.69) is 5.10 Å². The van der Waals surface area contributed by atoms with E-state index in [0.29, 0.717) is 13.0 Å². The van der Waals surface area contributed by atoms with Gasteiger partial charge in [-0.1, -0.05) is 18.2 Å². The van der Waals surface area contributed by atoms with Gasteiger partial charge in [-0.15, -0.1) is 0 Å². The second-order valence-corrected chi connectivity index (χ2v) is 6.04. The van der Waals surface area contributed by atoms with Crippen molar-refractivity contribution < 1.29 is 14.3 Å². The summed E-state index contributed by atoms with van der Waals surface area (Å²) in [7, 11) is 1.35. The van der Waals surface area contributed by atoms with Gasteiger partial charge in [0.25, 0.3) is 0 Å². The number of fused-ring (bicyclic) bond motifs is 1. The summed E-state index contributed by atoms with van der Waals surface area (Å²) in [5, 5.41) is 4.38. The zero-order valence-electron chi connectivity index (χ0n) is 14.2. The molecule has 0 fully saturated rings. The number of anilines is 1. The van der Waals surface area contributed by atoms with Crippen LogP contribution >= 0.6 is 0 Å². The summed E-state index contributed by atoms with van der Waals surface area (Å²) in [6.45, 7) is 4.38. The number of hydrogen-bond acceptors (Lipinski definition) is 4. The average molecular weight is 327 g/mol. The Balaban J connectivity index is 1.80. The third kappa shape index (κ3) is 2.91. The number of methoxy groups -OCH3 is 1. The van der Waals surface area contributed by atoms with E-state index in [-0.39, 0.29) is 18.3 Å². The first-order chi connectivity index (χ1) is 11.5. The average Bonchev–Trinajstić information content (AvgIpc) is 3.11. The second-order valence-electron chi connectivity index (χ2n) is 6.04. The molecule has 1 amide bonds. The van der Waals surface area contributed by atoms with Crippen LogP contribution in [0, 0.1) is 13.8 Å². The molecule has 0 N–H and O–H groups in total. The minimum atomic E-state index is -0.583. The van der Waals surface area contributed by atoms with E-state index in [1.807, 2.05) is 48.9 Å². The minimum absolute atomic E-state index is 0.0945. The standard InChI is InChI=1S/C18H21N3O3/c1-12-10-13(2)20(19-12)9-8-17(22)21-15-7-5-4-6-14(15)11-16(21)18(23)24-3/h4-7,10,16H,8-9,11H2,1-3H3. The zero-order valence-corrected chi connectivity index (χ0v) is 14.2. The molecule has 1 aromatic carbocycles. The number of carbonyl (C=O) groups excluding carboxylic acids is 2. The van der Waals surface area contributed by atoms with Gasteiger partial charge in [0.1, 0.15) is 6.04 Å². The number of para-hydroxylation sites is 1. The molecule has 2 aromatic rings. The highest BCUT2D eigenvalue weighted by Crippen LogP contribution is 2.33. The van der Waals surface area contributed by atoms with Crippen LogP contribution in [0.15, 0.2) is 30.3 Å². The Morgan fingerprint density at radius 3 is 2.71 bits per heavy atom. The van der Waals surface area contributed by atoms with Crippen LogP contribution in [0.1, 0.15) is 23.4 Å². The van der Waals surface area contributed by atoms with Gasteiger partial charge < -0.3 is 4.74 Å². The molecule has 2 heterocycles. The van der Waals surface area contributed by atoms with Crippen molar-refractivity contribution in [1.82, 2.24) is 9.78 Å². The van der Waals surface area contributed by atoms with E-state index in [4.69, 9.17) is 4.74 Å².